The van der Waals surface area contributed by atoms with Gasteiger partial charge in [0.2, 0.25) is 0 Å². The summed E-state index contributed by atoms with van der Waals surface area (Å²) in [6.07, 6.45) is 5.34. The number of aromatic nitrogens is 1. The molecule has 0 aromatic carbocycles. The van der Waals surface area contributed by atoms with Crippen LogP contribution in [0.25, 0.3) is 0 Å². The summed E-state index contributed by atoms with van der Waals surface area (Å²) in [6.45, 7) is 6.62. The molecule has 1 aromatic rings. The Labute approximate surface area is 97.5 Å². The molecule has 0 aliphatic rings. The second-order valence-corrected chi connectivity index (χ2v) is 4.02. The lowest BCUT2D eigenvalue weighted by atomic mass is 10.2. The minimum atomic E-state index is 0.152. The van der Waals surface area contributed by atoms with Crippen LogP contribution in [-0.4, -0.2) is 11.1 Å². The highest BCUT2D eigenvalue weighted by Crippen LogP contribution is 1.98. The predicted octanol–water partition coefficient (Wildman–Crippen LogP) is 2.15. The van der Waals surface area contributed by atoms with Crippen LogP contribution in [0, 0.1) is 0 Å². The van der Waals surface area contributed by atoms with Crippen LogP contribution in [0.15, 0.2) is 23.1 Å². The van der Waals surface area contributed by atoms with Gasteiger partial charge in [-0.1, -0.05) is 32.8 Å². The predicted molar refractivity (Wildman–Crippen MR) is 67.6 cm³/mol. The van der Waals surface area contributed by atoms with E-state index in [1.54, 1.807) is 0 Å². The van der Waals surface area contributed by atoms with Crippen molar-refractivity contribution >= 4 is 0 Å². The number of unbranched alkanes of at least 4 members (excludes halogenated alkanes) is 2. The summed E-state index contributed by atoms with van der Waals surface area (Å²) in [5, 5.41) is 3.19. The number of hydrogen-bond acceptors (Lipinski definition) is 2. The molecule has 1 heterocycles. The first-order valence-electron chi connectivity index (χ1n) is 6.18. The number of pyridine rings is 1. The zero-order chi connectivity index (χ0) is 11.8. The van der Waals surface area contributed by atoms with Gasteiger partial charge in [-0.3, -0.25) is 4.79 Å². The van der Waals surface area contributed by atoms with Gasteiger partial charge in [0.05, 0.1) is 0 Å². The maximum absolute atomic E-state index is 12.0. The van der Waals surface area contributed by atoms with Crippen molar-refractivity contribution < 1.29 is 0 Å². The largest absolute Gasteiger partial charge is 0.315 e. The molecule has 3 heteroatoms. The van der Waals surface area contributed by atoms with Crippen molar-refractivity contribution in [3.8, 4) is 0 Å². The Kier molecular flexibility index (Phi) is 5.86. The van der Waals surface area contributed by atoms with Crippen LogP contribution in [0.5, 0.6) is 0 Å². The molecule has 16 heavy (non-hydrogen) atoms. The zero-order valence-electron chi connectivity index (χ0n) is 10.3. The fraction of sp³-hybridized carbons (Fsp3) is 0.615. The fourth-order valence-corrected chi connectivity index (χ4v) is 1.69. The molecule has 0 fully saturated rings. The Bertz CT molecular complexity index is 357. The van der Waals surface area contributed by atoms with E-state index < -0.39 is 0 Å². The molecule has 0 saturated heterocycles. The molecule has 1 aromatic heterocycles. The molecule has 0 saturated carbocycles. The molecule has 0 unspecified atom stereocenters. The summed E-state index contributed by atoms with van der Waals surface area (Å²) in [5.74, 6) is 0. The number of aryl methyl sites for hydroxylation is 1. The highest BCUT2D eigenvalue weighted by molar-refractivity contribution is 5.10. The van der Waals surface area contributed by atoms with Gasteiger partial charge in [0.25, 0.3) is 5.56 Å². The first-order valence-corrected chi connectivity index (χ1v) is 6.18. The summed E-state index contributed by atoms with van der Waals surface area (Å²) in [7, 11) is 0. The summed E-state index contributed by atoms with van der Waals surface area (Å²) < 4.78 is 1.82. The van der Waals surface area contributed by atoms with Crippen LogP contribution in [-0.2, 0) is 13.1 Å². The van der Waals surface area contributed by atoms with Gasteiger partial charge in [-0.05, 0) is 19.0 Å². The fourth-order valence-electron chi connectivity index (χ4n) is 1.69. The second-order valence-electron chi connectivity index (χ2n) is 4.02. The van der Waals surface area contributed by atoms with E-state index in [4.69, 9.17) is 0 Å². The van der Waals surface area contributed by atoms with Gasteiger partial charge in [0.15, 0.2) is 0 Å². The van der Waals surface area contributed by atoms with Crippen LogP contribution in [0.3, 0.4) is 0 Å². The minimum Gasteiger partial charge on any atom is -0.315 e. The monoisotopic (exact) mass is 222 g/mol. The minimum absolute atomic E-state index is 0.152. The molecule has 0 atom stereocenters. The molecular weight excluding hydrogens is 200 g/mol. The van der Waals surface area contributed by atoms with E-state index >= 15 is 0 Å². The Morgan fingerprint density at radius 2 is 2.12 bits per heavy atom. The summed E-state index contributed by atoms with van der Waals surface area (Å²) in [5.41, 5.74) is 1.01. The smallest absolute Gasteiger partial charge is 0.255 e. The SMILES string of the molecule is CCCCCn1cccc(CNCC)c1=O. The molecule has 0 aliphatic carbocycles. The average molecular weight is 222 g/mol. The maximum atomic E-state index is 12.0. The van der Waals surface area contributed by atoms with Crippen LogP contribution in [0.1, 0.15) is 38.7 Å². The van der Waals surface area contributed by atoms with Gasteiger partial charge in [-0.15, -0.1) is 0 Å². The van der Waals surface area contributed by atoms with E-state index in [0.717, 1.165) is 25.1 Å². The number of nitrogens with zero attached hydrogens (tertiary/aromatic N) is 1. The lowest BCUT2D eigenvalue weighted by molar-refractivity contribution is 0.580. The van der Waals surface area contributed by atoms with Crippen molar-refractivity contribution in [3.05, 3.63) is 34.2 Å². The van der Waals surface area contributed by atoms with E-state index in [-0.39, 0.29) is 5.56 Å². The van der Waals surface area contributed by atoms with E-state index in [2.05, 4.69) is 12.2 Å². The lowest BCUT2D eigenvalue weighted by Gasteiger charge is -2.07. The van der Waals surface area contributed by atoms with Crippen LogP contribution in [0.4, 0.5) is 0 Å². The van der Waals surface area contributed by atoms with E-state index in [0.29, 0.717) is 6.54 Å². The van der Waals surface area contributed by atoms with Gasteiger partial charge >= 0.3 is 0 Å². The Balaban J connectivity index is 2.66. The molecule has 0 radical (unpaired) electrons. The van der Waals surface area contributed by atoms with Gasteiger partial charge in [-0.2, -0.15) is 0 Å². The summed E-state index contributed by atoms with van der Waals surface area (Å²) in [6, 6.07) is 3.86. The number of hydrogen-bond donors (Lipinski definition) is 1. The van der Waals surface area contributed by atoms with E-state index in [9.17, 15) is 4.79 Å². The number of nitrogens with one attached hydrogen (secondary N) is 1. The van der Waals surface area contributed by atoms with Crippen LogP contribution < -0.4 is 10.9 Å². The van der Waals surface area contributed by atoms with Crippen LogP contribution >= 0.6 is 0 Å². The number of rotatable bonds is 7. The molecule has 0 spiro atoms. The molecule has 1 N–H and O–H groups in total. The summed E-state index contributed by atoms with van der Waals surface area (Å²) in [4.78, 5) is 12.0. The standard InChI is InChI=1S/C13H22N2O/c1-3-5-6-9-15-10-7-8-12(13(15)16)11-14-4-2/h7-8,10,14H,3-6,9,11H2,1-2H3. The van der Waals surface area contributed by atoms with Crippen molar-refractivity contribution in [2.75, 3.05) is 6.54 Å². The molecule has 1 rings (SSSR count). The third kappa shape index (κ3) is 3.81. The quantitative estimate of drug-likeness (QED) is 0.717. The van der Waals surface area contributed by atoms with Crippen molar-refractivity contribution in [1.29, 1.82) is 0 Å². The Hall–Kier alpha value is -1.09. The highest BCUT2D eigenvalue weighted by atomic mass is 16.1. The van der Waals surface area contributed by atoms with Gasteiger partial charge in [-0.25, -0.2) is 0 Å². The van der Waals surface area contributed by atoms with Crippen molar-refractivity contribution in [3.63, 3.8) is 0 Å². The molecule has 0 amide bonds. The van der Waals surface area contributed by atoms with E-state index in [1.165, 1.54) is 12.8 Å². The van der Waals surface area contributed by atoms with Gasteiger partial charge in [0, 0.05) is 24.8 Å². The topological polar surface area (TPSA) is 34.0 Å². The highest BCUT2D eigenvalue weighted by Gasteiger charge is 2.01. The van der Waals surface area contributed by atoms with Crippen molar-refractivity contribution in [2.45, 2.75) is 46.2 Å². The first-order chi connectivity index (χ1) is 7.79. The molecule has 0 aliphatic heterocycles. The van der Waals surface area contributed by atoms with Gasteiger partial charge < -0.3 is 9.88 Å². The van der Waals surface area contributed by atoms with Gasteiger partial charge in [0.1, 0.15) is 0 Å². The third-order valence-electron chi connectivity index (χ3n) is 2.67. The normalized spacial score (nSPS) is 10.6. The van der Waals surface area contributed by atoms with Crippen molar-refractivity contribution in [2.24, 2.45) is 0 Å². The van der Waals surface area contributed by atoms with Crippen molar-refractivity contribution in [1.82, 2.24) is 9.88 Å². The molecular formula is C13H22N2O. The lowest BCUT2D eigenvalue weighted by Crippen LogP contribution is -2.26. The third-order valence-corrected chi connectivity index (χ3v) is 2.67. The Morgan fingerprint density at radius 1 is 1.31 bits per heavy atom. The van der Waals surface area contributed by atoms with Crippen LogP contribution in [0.2, 0.25) is 0 Å². The average Bonchev–Trinajstić information content (AvgIpc) is 2.30. The second kappa shape index (κ2) is 7.23. The molecule has 90 valence electrons. The summed E-state index contributed by atoms with van der Waals surface area (Å²) >= 11 is 0. The Morgan fingerprint density at radius 3 is 2.81 bits per heavy atom. The van der Waals surface area contributed by atoms with E-state index in [1.807, 2.05) is 29.8 Å². The molecule has 3 nitrogen and oxygen atoms in total. The maximum Gasteiger partial charge on any atom is 0.255 e. The zero-order valence-corrected chi connectivity index (χ0v) is 10.3. The first kappa shape index (κ1) is 13.0. The molecule has 0 bridgehead atoms.